The molecule has 0 aliphatic rings. The lowest BCUT2D eigenvalue weighted by molar-refractivity contribution is 1.66. The van der Waals surface area contributed by atoms with Crippen molar-refractivity contribution in [1.82, 2.24) is 4.37 Å². The van der Waals surface area contributed by atoms with Crippen molar-refractivity contribution in [3.63, 3.8) is 0 Å². The van der Waals surface area contributed by atoms with Gasteiger partial charge in [-0.05, 0) is 17.6 Å². The van der Waals surface area contributed by atoms with E-state index in [2.05, 4.69) is 4.37 Å². The molecule has 0 saturated heterocycles. The molecule has 0 N–H and O–H groups in total. The van der Waals surface area contributed by atoms with Crippen LogP contribution in [0.5, 0.6) is 0 Å². The molecule has 0 radical (unpaired) electrons. The van der Waals surface area contributed by atoms with Crippen molar-refractivity contribution in [2.75, 3.05) is 0 Å². The molecule has 2 aromatic rings. The number of hydrogen-bond donors (Lipinski definition) is 0. The third-order valence-electron chi connectivity index (χ3n) is 1.56. The number of halogens is 4. The summed E-state index contributed by atoms with van der Waals surface area (Å²) in [6, 6.07) is 1.56. The lowest BCUT2D eigenvalue weighted by Gasteiger charge is -1.98. The van der Waals surface area contributed by atoms with Gasteiger partial charge in [-0.25, -0.2) is 0 Å². The molecule has 1 aromatic carbocycles. The van der Waals surface area contributed by atoms with Gasteiger partial charge in [0.05, 0.1) is 20.5 Å². The Morgan fingerprint density at radius 3 is 2.46 bits per heavy atom. The van der Waals surface area contributed by atoms with E-state index >= 15 is 0 Å². The van der Waals surface area contributed by atoms with Crippen molar-refractivity contribution < 1.29 is 0 Å². The third-order valence-corrected chi connectivity index (χ3v) is 3.67. The molecule has 0 saturated carbocycles. The molecule has 1 aromatic heterocycles. The van der Waals surface area contributed by atoms with E-state index < -0.39 is 0 Å². The summed E-state index contributed by atoms with van der Waals surface area (Å²) in [5.74, 6) is 0. The topological polar surface area (TPSA) is 12.9 Å². The predicted molar refractivity (Wildman–Crippen MR) is 59.7 cm³/mol. The molecule has 0 aliphatic heterocycles. The van der Waals surface area contributed by atoms with Gasteiger partial charge in [0.25, 0.3) is 0 Å². The van der Waals surface area contributed by atoms with Gasteiger partial charge < -0.3 is 0 Å². The molecular formula is C7HCl4NS. The van der Waals surface area contributed by atoms with E-state index in [0.29, 0.717) is 30.3 Å². The largest absolute Gasteiger partial charge is 0.189 e. The van der Waals surface area contributed by atoms with Crippen LogP contribution in [0.2, 0.25) is 19.4 Å². The first-order valence-corrected chi connectivity index (χ1v) is 5.48. The van der Waals surface area contributed by atoms with Crippen molar-refractivity contribution in [2.24, 2.45) is 0 Å². The van der Waals surface area contributed by atoms with Gasteiger partial charge in [-0.2, -0.15) is 4.37 Å². The van der Waals surface area contributed by atoms with Gasteiger partial charge >= 0.3 is 0 Å². The zero-order valence-electron chi connectivity index (χ0n) is 5.94. The Morgan fingerprint density at radius 2 is 1.77 bits per heavy atom. The van der Waals surface area contributed by atoms with Gasteiger partial charge in [0.2, 0.25) is 0 Å². The highest BCUT2D eigenvalue weighted by Crippen LogP contribution is 2.40. The zero-order valence-corrected chi connectivity index (χ0v) is 9.78. The summed E-state index contributed by atoms with van der Waals surface area (Å²) < 4.78 is 4.56. The fourth-order valence-electron chi connectivity index (χ4n) is 0.986. The Kier molecular flexibility index (Phi) is 2.60. The number of aromatic nitrogens is 1. The molecule has 68 valence electrons. The van der Waals surface area contributed by atoms with E-state index in [1.165, 1.54) is 0 Å². The highest BCUT2D eigenvalue weighted by atomic mass is 35.5. The summed E-state index contributed by atoms with van der Waals surface area (Å²) in [4.78, 5) is 0. The first-order chi connectivity index (χ1) is 6.11. The van der Waals surface area contributed by atoms with E-state index in [1.807, 2.05) is 0 Å². The van der Waals surface area contributed by atoms with Crippen LogP contribution in [-0.4, -0.2) is 4.37 Å². The van der Waals surface area contributed by atoms with Crippen LogP contribution < -0.4 is 0 Å². The molecule has 0 fully saturated rings. The van der Waals surface area contributed by atoms with Crippen LogP contribution in [0, 0.1) is 0 Å². The number of fused-ring (bicyclic) bond motifs is 1. The Bertz CT molecular complexity index is 479. The molecule has 1 nitrogen and oxygen atoms in total. The molecule has 0 amide bonds. The Labute approximate surface area is 98.3 Å². The average Bonchev–Trinajstić information content (AvgIpc) is 2.44. The third kappa shape index (κ3) is 1.51. The lowest BCUT2D eigenvalue weighted by atomic mass is 10.2. The normalized spacial score (nSPS) is 11.1. The predicted octanol–water partition coefficient (Wildman–Crippen LogP) is 4.91. The SMILES string of the molecule is Clc1cc(Cl)c2nsc(Cl)c2c1Cl. The highest BCUT2D eigenvalue weighted by Gasteiger charge is 2.14. The first-order valence-electron chi connectivity index (χ1n) is 3.19. The summed E-state index contributed by atoms with van der Waals surface area (Å²) in [6.07, 6.45) is 0. The average molecular weight is 273 g/mol. The molecular weight excluding hydrogens is 272 g/mol. The molecule has 6 heteroatoms. The first kappa shape index (κ1) is 9.81. The fraction of sp³-hybridized carbons (Fsp3) is 0. The van der Waals surface area contributed by atoms with E-state index in [1.54, 1.807) is 6.07 Å². The smallest absolute Gasteiger partial charge is 0.123 e. The molecule has 0 spiro atoms. The Morgan fingerprint density at radius 1 is 1.08 bits per heavy atom. The lowest BCUT2D eigenvalue weighted by Crippen LogP contribution is -1.75. The van der Waals surface area contributed by atoms with E-state index in [-0.39, 0.29) is 0 Å². The second-order valence-corrected chi connectivity index (χ2v) is 4.90. The molecule has 1 heterocycles. The van der Waals surface area contributed by atoms with Gasteiger partial charge in [0, 0.05) is 0 Å². The Balaban J connectivity index is 3.00. The van der Waals surface area contributed by atoms with Crippen LogP contribution in [0.3, 0.4) is 0 Å². The van der Waals surface area contributed by atoms with Crippen molar-refractivity contribution in [3.05, 3.63) is 25.5 Å². The minimum atomic E-state index is 0.390. The van der Waals surface area contributed by atoms with Gasteiger partial charge in [-0.1, -0.05) is 46.4 Å². The van der Waals surface area contributed by atoms with Crippen LogP contribution in [0.15, 0.2) is 6.07 Å². The van der Waals surface area contributed by atoms with Gasteiger partial charge in [0.1, 0.15) is 9.85 Å². The summed E-state index contributed by atoms with van der Waals surface area (Å²) in [7, 11) is 0. The maximum absolute atomic E-state index is 5.94. The van der Waals surface area contributed by atoms with Crippen molar-refractivity contribution in [3.8, 4) is 0 Å². The molecule has 0 aliphatic carbocycles. The van der Waals surface area contributed by atoms with Crippen LogP contribution in [0.25, 0.3) is 10.9 Å². The maximum Gasteiger partial charge on any atom is 0.123 e. The molecule has 0 unspecified atom stereocenters. The summed E-state index contributed by atoms with van der Waals surface area (Å²) in [5.41, 5.74) is 0.603. The molecule has 13 heavy (non-hydrogen) atoms. The Hall–Kier alpha value is 0.270. The minimum Gasteiger partial charge on any atom is -0.189 e. The quantitative estimate of drug-likeness (QED) is 0.621. The highest BCUT2D eigenvalue weighted by molar-refractivity contribution is 7.12. The van der Waals surface area contributed by atoms with E-state index in [9.17, 15) is 0 Å². The van der Waals surface area contributed by atoms with Crippen molar-refractivity contribution in [2.45, 2.75) is 0 Å². The molecule has 0 bridgehead atoms. The second-order valence-electron chi connectivity index (χ2n) is 2.33. The van der Waals surface area contributed by atoms with Crippen molar-refractivity contribution >= 4 is 68.8 Å². The van der Waals surface area contributed by atoms with E-state index in [0.717, 1.165) is 11.5 Å². The number of rotatable bonds is 0. The van der Waals surface area contributed by atoms with Crippen LogP contribution in [0.4, 0.5) is 0 Å². The second kappa shape index (κ2) is 3.44. The molecule has 2 rings (SSSR count). The number of nitrogens with zero attached hydrogens (tertiary/aromatic N) is 1. The van der Waals surface area contributed by atoms with Crippen LogP contribution >= 0.6 is 57.9 Å². The van der Waals surface area contributed by atoms with Crippen molar-refractivity contribution in [1.29, 1.82) is 0 Å². The number of benzene rings is 1. The van der Waals surface area contributed by atoms with E-state index in [4.69, 9.17) is 46.4 Å². The summed E-state index contributed by atoms with van der Waals surface area (Å²) in [5, 5.41) is 1.89. The van der Waals surface area contributed by atoms with Gasteiger partial charge in [0.15, 0.2) is 0 Å². The standard InChI is InChI=1S/C7HCl4NS/c8-2-1-3(9)6-4(5(2)10)7(11)13-12-6/h1H. The zero-order chi connectivity index (χ0) is 9.59. The van der Waals surface area contributed by atoms with Crippen LogP contribution in [0.1, 0.15) is 0 Å². The fourth-order valence-corrected chi connectivity index (χ4v) is 2.82. The maximum atomic E-state index is 5.94. The summed E-state index contributed by atoms with van der Waals surface area (Å²) in [6.45, 7) is 0. The molecule has 0 atom stereocenters. The summed E-state index contributed by atoms with van der Waals surface area (Å²) >= 11 is 24.7. The monoisotopic (exact) mass is 271 g/mol. The van der Waals surface area contributed by atoms with Gasteiger partial charge in [-0.3, -0.25) is 0 Å². The number of hydrogen-bond acceptors (Lipinski definition) is 2. The van der Waals surface area contributed by atoms with Gasteiger partial charge in [-0.15, -0.1) is 0 Å². The van der Waals surface area contributed by atoms with Crippen LogP contribution in [-0.2, 0) is 0 Å². The minimum absolute atomic E-state index is 0.390.